The van der Waals surface area contributed by atoms with E-state index in [0.29, 0.717) is 0 Å². The van der Waals surface area contributed by atoms with Crippen molar-refractivity contribution in [3.63, 3.8) is 0 Å². The van der Waals surface area contributed by atoms with Gasteiger partial charge < -0.3 is 0 Å². The van der Waals surface area contributed by atoms with Gasteiger partial charge in [-0.05, 0) is 37.4 Å². The molecule has 0 saturated heterocycles. The molecular formula is C13H11BrN2. The van der Waals surface area contributed by atoms with Crippen LogP contribution in [0.5, 0.6) is 0 Å². The Kier molecular flexibility index (Phi) is 2.93. The molecule has 0 aliphatic heterocycles. The number of pyridine rings is 1. The van der Waals surface area contributed by atoms with Crippen molar-refractivity contribution in [2.24, 2.45) is 0 Å². The molecule has 1 atom stereocenters. The first kappa shape index (κ1) is 11.1. The summed E-state index contributed by atoms with van der Waals surface area (Å²) in [6, 6.07) is 10.3. The van der Waals surface area contributed by atoms with Gasteiger partial charge in [0.15, 0.2) is 0 Å². The molecule has 80 valence electrons. The van der Waals surface area contributed by atoms with Crippen molar-refractivity contribution in [2.45, 2.75) is 19.8 Å². The summed E-state index contributed by atoms with van der Waals surface area (Å²) >= 11 is 3.45. The highest BCUT2D eigenvalue weighted by Crippen LogP contribution is 2.24. The number of nitrogens with zero attached hydrogens (tertiary/aromatic N) is 2. The lowest BCUT2D eigenvalue weighted by molar-refractivity contribution is 0.913. The molecule has 2 nitrogen and oxygen atoms in total. The first-order chi connectivity index (χ1) is 7.61. The van der Waals surface area contributed by atoms with Crippen molar-refractivity contribution in [3.8, 4) is 6.07 Å². The number of rotatable bonds is 1. The Morgan fingerprint density at radius 2 is 2.12 bits per heavy atom. The minimum absolute atomic E-state index is 0.165. The predicted molar refractivity (Wildman–Crippen MR) is 68.2 cm³/mol. The van der Waals surface area contributed by atoms with E-state index in [1.165, 1.54) is 0 Å². The topological polar surface area (TPSA) is 36.7 Å². The van der Waals surface area contributed by atoms with Crippen LogP contribution in [0.3, 0.4) is 0 Å². The van der Waals surface area contributed by atoms with Crippen LogP contribution in [0.4, 0.5) is 0 Å². The quantitative estimate of drug-likeness (QED) is 0.790. The molecule has 2 rings (SSSR count). The van der Waals surface area contributed by atoms with Crippen LogP contribution in [0.15, 0.2) is 28.7 Å². The van der Waals surface area contributed by atoms with E-state index < -0.39 is 0 Å². The maximum Gasteiger partial charge on any atom is 0.0857 e. The first-order valence-corrected chi connectivity index (χ1v) is 5.87. The van der Waals surface area contributed by atoms with Gasteiger partial charge in [-0.1, -0.05) is 22.0 Å². The highest BCUT2D eigenvalue weighted by atomic mass is 79.9. The Balaban J connectivity index is 2.71. The zero-order valence-corrected chi connectivity index (χ0v) is 10.7. The predicted octanol–water partition coefficient (Wildman–Crippen LogP) is 3.93. The number of aromatic nitrogens is 1. The lowest BCUT2D eigenvalue weighted by atomic mass is 10.0. The van der Waals surface area contributed by atoms with E-state index >= 15 is 0 Å². The van der Waals surface area contributed by atoms with Crippen LogP contribution in [-0.4, -0.2) is 4.98 Å². The second-order valence-electron chi connectivity index (χ2n) is 3.85. The van der Waals surface area contributed by atoms with Gasteiger partial charge in [-0.25, -0.2) is 0 Å². The summed E-state index contributed by atoms with van der Waals surface area (Å²) in [5.74, 6) is -0.165. The minimum atomic E-state index is -0.165. The monoisotopic (exact) mass is 274 g/mol. The third-order valence-electron chi connectivity index (χ3n) is 2.64. The van der Waals surface area contributed by atoms with Crippen molar-refractivity contribution < 1.29 is 0 Å². The van der Waals surface area contributed by atoms with E-state index in [1.807, 2.05) is 32.0 Å². The average molecular weight is 275 g/mol. The fourth-order valence-corrected chi connectivity index (χ4v) is 2.09. The third kappa shape index (κ3) is 1.94. The summed E-state index contributed by atoms with van der Waals surface area (Å²) in [6.45, 7) is 3.84. The van der Waals surface area contributed by atoms with Crippen LogP contribution < -0.4 is 0 Å². The van der Waals surface area contributed by atoms with Crippen LogP contribution in [-0.2, 0) is 0 Å². The van der Waals surface area contributed by atoms with E-state index in [1.54, 1.807) is 0 Å². The second-order valence-corrected chi connectivity index (χ2v) is 4.76. The second kappa shape index (κ2) is 4.23. The molecule has 0 bridgehead atoms. The van der Waals surface area contributed by atoms with Gasteiger partial charge >= 0.3 is 0 Å². The minimum Gasteiger partial charge on any atom is -0.256 e. The Bertz CT molecular complexity index is 584. The molecule has 1 aromatic carbocycles. The van der Waals surface area contributed by atoms with Gasteiger partial charge in [0.2, 0.25) is 0 Å². The van der Waals surface area contributed by atoms with E-state index in [2.05, 4.69) is 33.0 Å². The van der Waals surface area contributed by atoms with E-state index in [-0.39, 0.29) is 5.92 Å². The van der Waals surface area contributed by atoms with Crippen LogP contribution in [0.25, 0.3) is 10.8 Å². The largest absolute Gasteiger partial charge is 0.256 e. The molecule has 0 N–H and O–H groups in total. The SMILES string of the molecule is Cc1nc(C(C)C#N)cc2cc(Br)ccc12. The fourth-order valence-electron chi connectivity index (χ4n) is 1.72. The molecule has 0 aliphatic carbocycles. The Labute approximate surface area is 103 Å². The van der Waals surface area contributed by atoms with Crippen LogP contribution in [0.1, 0.15) is 24.2 Å². The summed E-state index contributed by atoms with van der Waals surface area (Å²) in [6.07, 6.45) is 0. The summed E-state index contributed by atoms with van der Waals surface area (Å²) in [4.78, 5) is 4.46. The van der Waals surface area contributed by atoms with Crippen molar-refractivity contribution in [3.05, 3.63) is 40.1 Å². The number of aryl methyl sites for hydroxylation is 1. The summed E-state index contributed by atoms with van der Waals surface area (Å²) < 4.78 is 1.04. The Hall–Kier alpha value is -1.40. The van der Waals surface area contributed by atoms with Crippen molar-refractivity contribution in [1.29, 1.82) is 5.26 Å². The number of hydrogen-bond donors (Lipinski definition) is 0. The van der Waals surface area contributed by atoms with Crippen molar-refractivity contribution in [2.75, 3.05) is 0 Å². The van der Waals surface area contributed by atoms with E-state index in [9.17, 15) is 0 Å². The third-order valence-corrected chi connectivity index (χ3v) is 3.13. The summed E-state index contributed by atoms with van der Waals surface area (Å²) in [7, 11) is 0. The number of nitriles is 1. The molecule has 0 saturated carbocycles. The smallest absolute Gasteiger partial charge is 0.0857 e. The molecule has 3 heteroatoms. The van der Waals surface area contributed by atoms with Gasteiger partial charge in [0.1, 0.15) is 0 Å². The van der Waals surface area contributed by atoms with Gasteiger partial charge in [-0.3, -0.25) is 4.98 Å². The average Bonchev–Trinajstić information content (AvgIpc) is 2.27. The molecule has 16 heavy (non-hydrogen) atoms. The molecule has 1 unspecified atom stereocenters. The molecule has 0 fully saturated rings. The zero-order valence-electron chi connectivity index (χ0n) is 9.16. The number of fused-ring (bicyclic) bond motifs is 1. The number of benzene rings is 1. The van der Waals surface area contributed by atoms with Gasteiger partial charge in [-0.15, -0.1) is 0 Å². The molecule has 1 aromatic heterocycles. The molecule has 1 heterocycles. The number of hydrogen-bond acceptors (Lipinski definition) is 2. The zero-order chi connectivity index (χ0) is 11.7. The standard InChI is InChI=1S/C13H11BrN2/c1-8(7-15)13-6-10-5-11(14)3-4-12(10)9(2)16-13/h3-6,8H,1-2H3. The highest BCUT2D eigenvalue weighted by molar-refractivity contribution is 9.10. The maximum atomic E-state index is 8.91. The normalized spacial score (nSPS) is 12.4. The van der Waals surface area contributed by atoms with E-state index in [0.717, 1.165) is 26.6 Å². The highest BCUT2D eigenvalue weighted by Gasteiger charge is 2.08. The molecule has 0 spiro atoms. The maximum absolute atomic E-state index is 8.91. The van der Waals surface area contributed by atoms with Crippen LogP contribution >= 0.6 is 15.9 Å². The lowest BCUT2D eigenvalue weighted by Gasteiger charge is -2.07. The van der Waals surface area contributed by atoms with Crippen molar-refractivity contribution >= 4 is 26.7 Å². The molecular weight excluding hydrogens is 264 g/mol. The molecule has 0 aliphatic rings. The molecule has 0 amide bonds. The van der Waals surface area contributed by atoms with Gasteiger partial charge in [0.25, 0.3) is 0 Å². The number of halogens is 1. The lowest BCUT2D eigenvalue weighted by Crippen LogP contribution is -1.96. The van der Waals surface area contributed by atoms with Gasteiger partial charge in [-0.2, -0.15) is 5.26 Å². The summed E-state index contributed by atoms with van der Waals surface area (Å²) in [5.41, 5.74) is 1.81. The van der Waals surface area contributed by atoms with Crippen LogP contribution in [0, 0.1) is 18.3 Å². The van der Waals surface area contributed by atoms with Gasteiger partial charge in [0, 0.05) is 15.6 Å². The fraction of sp³-hybridized carbons (Fsp3) is 0.231. The van der Waals surface area contributed by atoms with Crippen molar-refractivity contribution in [1.82, 2.24) is 4.98 Å². The van der Waals surface area contributed by atoms with E-state index in [4.69, 9.17) is 5.26 Å². The summed E-state index contributed by atoms with van der Waals surface area (Å²) in [5, 5.41) is 11.2. The first-order valence-electron chi connectivity index (χ1n) is 5.08. The Morgan fingerprint density at radius 3 is 2.81 bits per heavy atom. The molecule has 0 radical (unpaired) electrons. The molecule has 2 aromatic rings. The van der Waals surface area contributed by atoms with Gasteiger partial charge in [0.05, 0.1) is 17.7 Å². The Morgan fingerprint density at radius 1 is 1.38 bits per heavy atom. The van der Waals surface area contributed by atoms with Crippen LogP contribution in [0.2, 0.25) is 0 Å².